The predicted molar refractivity (Wildman–Crippen MR) is 288 cm³/mol. The maximum absolute atomic E-state index is 14.4. The summed E-state index contributed by atoms with van der Waals surface area (Å²) in [5, 5.41) is 38.0. The molecule has 16 N–H and O–H groups in total. The van der Waals surface area contributed by atoms with E-state index in [1.165, 1.54) is 17.4 Å². The molecule has 1 aliphatic heterocycles. The molecular formula is C53H85N13O12. The van der Waals surface area contributed by atoms with Gasteiger partial charge in [0.15, 0.2) is 0 Å². The van der Waals surface area contributed by atoms with Crippen LogP contribution < -0.4 is 54.4 Å². The number of carboxylic acid groups (broad SMARTS) is 2. The molecule has 0 saturated carbocycles. The van der Waals surface area contributed by atoms with Crippen molar-refractivity contribution in [2.45, 2.75) is 179 Å². The van der Waals surface area contributed by atoms with E-state index < -0.39 is 126 Å². The molecule has 1 saturated heterocycles. The monoisotopic (exact) mass is 1100 g/mol. The molecule has 0 spiro atoms. The van der Waals surface area contributed by atoms with Crippen LogP contribution in [0.2, 0.25) is 0 Å². The number of nitrogens with one attached hydrogen (secondary N) is 8. The molecule has 1 aliphatic rings. The molecule has 10 atom stereocenters. The Morgan fingerprint density at radius 3 is 1.77 bits per heavy atom. The number of amides is 8. The van der Waals surface area contributed by atoms with Gasteiger partial charge in [-0.3, -0.25) is 43.2 Å². The first-order chi connectivity index (χ1) is 37.0. The van der Waals surface area contributed by atoms with Gasteiger partial charge in [0.2, 0.25) is 47.3 Å². The first kappa shape index (κ1) is 65.3. The highest BCUT2D eigenvalue weighted by molar-refractivity contribution is 5.99. The number of likely N-dealkylation sites (tertiary alicyclic amines) is 1. The van der Waals surface area contributed by atoms with Gasteiger partial charge in [0.05, 0.1) is 18.8 Å². The van der Waals surface area contributed by atoms with Crippen LogP contribution in [0.25, 0.3) is 0 Å². The standard InChI is InChI=1S/C53H85N13O12/c1-7-32(6)43(56)50(74)63-39(24-30(2)3)52(76)66-23-15-20-41(66)49(73)60-36(19-12-14-22-55)45(69)59-35(18-11-13-21-54)46(70)61-37(26-34-28-57-29-58-34)48(72)65-44(31(4)5)51(75)62-38(27-42(67)68)47(71)64-40(53(77)78)25-33-16-9-8-10-17-33/h8-10,16-17,28-32,35-41,43-44H,7,11-15,18-27,54-56H2,1-6H3,(H,57,58)(H,59,69)(H,60,73)(H,61,70)(H,62,75)(H,63,74)(H,64,71)(H,65,72)(H,67,68)(H,77,78)/t32-,35-,36-,37-,38-,39-,40-,41-,43-,44-/m0/s1. The molecule has 0 bridgehead atoms. The van der Waals surface area contributed by atoms with Crippen LogP contribution in [0.4, 0.5) is 0 Å². The van der Waals surface area contributed by atoms with E-state index in [0.29, 0.717) is 62.7 Å². The molecule has 1 fully saturated rings. The van der Waals surface area contributed by atoms with Crippen LogP contribution in [0, 0.1) is 17.8 Å². The third-order valence-corrected chi connectivity index (χ3v) is 13.6. The zero-order valence-corrected chi connectivity index (χ0v) is 45.9. The van der Waals surface area contributed by atoms with Crippen LogP contribution in [0.5, 0.6) is 0 Å². The van der Waals surface area contributed by atoms with Crippen LogP contribution >= 0.6 is 0 Å². The average Bonchev–Trinajstić information content (AvgIpc) is 4.11. The number of hydrogen-bond donors (Lipinski definition) is 13. The lowest BCUT2D eigenvalue weighted by Crippen LogP contribution is -2.61. The second-order valence-corrected chi connectivity index (χ2v) is 20.8. The summed E-state index contributed by atoms with van der Waals surface area (Å²) in [5.41, 5.74) is 18.8. The Kier molecular flexibility index (Phi) is 27.9. The molecule has 2 aromatic rings. The summed E-state index contributed by atoms with van der Waals surface area (Å²) in [5.74, 6) is -9.75. The largest absolute Gasteiger partial charge is 0.481 e. The first-order valence-corrected chi connectivity index (χ1v) is 27.1. The van der Waals surface area contributed by atoms with Crippen molar-refractivity contribution in [3.8, 4) is 0 Å². The predicted octanol–water partition coefficient (Wildman–Crippen LogP) is -0.528. The van der Waals surface area contributed by atoms with Crippen molar-refractivity contribution in [2.75, 3.05) is 19.6 Å². The van der Waals surface area contributed by atoms with Gasteiger partial charge in [0.25, 0.3) is 0 Å². The number of benzene rings is 1. The summed E-state index contributed by atoms with van der Waals surface area (Å²) in [6.07, 6.45) is 5.06. The van der Waals surface area contributed by atoms with E-state index in [1.54, 1.807) is 44.2 Å². The van der Waals surface area contributed by atoms with Crippen molar-refractivity contribution in [3.63, 3.8) is 0 Å². The molecule has 2 heterocycles. The Bertz CT molecular complexity index is 2290. The second-order valence-electron chi connectivity index (χ2n) is 20.8. The van der Waals surface area contributed by atoms with Gasteiger partial charge in [-0.25, -0.2) is 9.78 Å². The van der Waals surface area contributed by atoms with Crippen molar-refractivity contribution in [1.82, 2.24) is 52.1 Å². The third kappa shape index (κ3) is 21.4. The fourth-order valence-corrected chi connectivity index (χ4v) is 8.89. The van der Waals surface area contributed by atoms with E-state index in [4.69, 9.17) is 17.2 Å². The Hall–Kier alpha value is -6.99. The maximum Gasteiger partial charge on any atom is 0.326 e. The molecule has 1 aromatic heterocycles. The van der Waals surface area contributed by atoms with Gasteiger partial charge in [0, 0.05) is 31.3 Å². The second kappa shape index (κ2) is 33.3. The van der Waals surface area contributed by atoms with E-state index >= 15 is 0 Å². The minimum atomic E-state index is -1.77. The molecule has 1 aromatic carbocycles. The number of aromatic nitrogens is 2. The van der Waals surface area contributed by atoms with Gasteiger partial charge in [-0.05, 0) is 94.2 Å². The SMILES string of the molecule is CC[C@H](C)[C@H](N)C(=O)N[C@@H](CC(C)C)C(=O)N1CCC[C@H]1C(=O)N[C@@H](CCCCN)C(=O)N[C@@H](CCCCN)C(=O)N[C@@H](Cc1cnc[nH]1)C(=O)N[C@H](C(=O)N[C@@H](CC(=O)O)C(=O)N[C@@H](Cc1ccccc1)C(=O)O)C(C)C. The van der Waals surface area contributed by atoms with E-state index in [1.807, 2.05) is 27.7 Å². The number of carboxylic acids is 2. The van der Waals surface area contributed by atoms with E-state index in [0.717, 1.165) is 0 Å². The van der Waals surface area contributed by atoms with Gasteiger partial charge in [-0.1, -0.05) is 78.3 Å². The number of aromatic amines is 1. The molecular weight excluding hydrogens is 1010 g/mol. The van der Waals surface area contributed by atoms with E-state index in [2.05, 4.69) is 47.2 Å². The fraction of sp³-hybridized carbons (Fsp3) is 0.642. The number of aliphatic carboxylic acids is 2. The van der Waals surface area contributed by atoms with Crippen molar-refractivity contribution in [3.05, 3.63) is 54.1 Å². The molecule has 0 radical (unpaired) electrons. The number of hydrogen-bond acceptors (Lipinski definition) is 14. The summed E-state index contributed by atoms with van der Waals surface area (Å²) in [6, 6.07) is -3.01. The van der Waals surface area contributed by atoms with Gasteiger partial charge in [-0.15, -0.1) is 0 Å². The lowest BCUT2D eigenvalue weighted by atomic mass is 9.97. The molecule has 0 aliphatic carbocycles. The molecule has 25 nitrogen and oxygen atoms in total. The topological polar surface area (TPSA) is 405 Å². The van der Waals surface area contributed by atoms with Crippen LogP contribution in [-0.4, -0.2) is 158 Å². The average molecular weight is 1100 g/mol. The van der Waals surface area contributed by atoms with Crippen LogP contribution in [0.15, 0.2) is 42.9 Å². The number of H-pyrrole nitrogens is 1. The zero-order chi connectivity index (χ0) is 58.1. The molecule has 434 valence electrons. The summed E-state index contributed by atoms with van der Waals surface area (Å²) in [4.78, 5) is 144. The first-order valence-electron chi connectivity index (χ1n) is 27.1. The number of nitrogens with two attached hydrogens (primary N) is 3. The summed E-state index contributed by atoms with van der Waals surface area (Å²) >= 11 is 0. The molecule has 25 heteroatoms. The highest BCUT2D eigenvalue weighted by Crippen LogP contribution is 2.22. The number of nitrogens with zero attached hydrogens (tertiary/aromatic N) is 2. The Balaban J connectivity index is 1.87. The minimum Gasteiger partial charge on any atom is -0.481 e. The van der Waals surface area contributed by atoms with Gasteiger partial charge >= 0.3 is 11.9 Å². The number of imidazole rings is 1. The third-order valence-electron chi connectivity index (χ3n) is 13.6. The normalized spacial score (nSPS) is 16.8. The highest BCUT2D eigenvalue weighted by atomic mass is 16.4. The Morgan fingerprint density at radius 1 is 0.679 bits per heavy atom. The summed E-state index contributed by atoms with van der Waals surface area (Å²) in [6.45, 7) is 11.5. The quantitative estimate of drug-likeness (QED) is 0.0386. The lowest BCUT2D eigenvalue weighted by molar-refractivity contribution is -0.143. The van der Waals surface area contributed by atoms with Crippen molar-refractivity contribution >= 4 is 59.2 Å². The molecule has 78 heavy (non-hydrogen) atoms. The smallest absolute Gasteiger partial charge is 0.326 e. The summed E-state index contributed by atoms with van der Waals surface area (Å²) in [7, 11) is 0. The van der Waals surface area contributed by atoms with Gasteiger partial charge < -0.3 is 74.5 Å². The summed E-state index contributed by atoms with van der Waals surface area (Å²) < 4.78 is 0. The fourth-order valence-electron chi connectivity index (χ4n) is 8.89. The lowest BCUT2D eigenvalue weighted by Gasteiger charge is -2.31. The number of carbonyl (C=O) groups is 10. The van der Waals surface area contributed by atoms with Gasteiger partial charge in [0.1, 0.15) is 48.3 Å². The number of carbonyl (C=O) groups excluding carboxylic acids is 8. The Morgan fingerprint density at radius 2 is 1.23 bits per heavy atom. The maximum atomic E-state index is 14.4. The minimum absolute atomic E-state index is 0.00170. The van der Waals surface area contributed by atoms with E-state index in [9.17, 15) is 58.2 Å². The number of rotatable bonds is 35. The van der Waals surface area contributed by atoms with Crippen molar-refractivity contribution in [2.24, 2.45) is 35.0 Å². The zero-order valence-electron chi connectivity index (χ0n) is 45.9. The highest BCUT2D eigenvalue weighted by Gasteiger charge is 2.41. The van der Waals surface area contributed by atoms with Crippen molar-refractivity contribution < 1.29 is 58.2 Å². The van der Waals surface area contributed by atoms with Crippen LogP contribution in [-0.2, 0) is 60.8 Å². The molecule has 0 unspecified atom stereocenters. The molecule has 8 amide bonds. The number of unbranched alkanes of at least 4 members (excludes halogenated alkanes) is 2. The van der Waals surface area contributed by atoms with Crippen LogP contribution in [0.1, 0.15) is 123 Å². The Labute approximate surface area is 456 Å². The van der Waals surface area contributed by atoms with Crippen LogP contribution in [0.3, 0.4) is 0 Å². The van der Waals surface area contributed by atoms with Crippen molar-refractivity contribution in [1.29, 1.82) is 0 Å². The molecule has 3 rings (SSSR count). The van der Waals surface area contributed by atoms with E-state index in [-0.39, 0.29) is 57.0 Å². The van der Waals surface area contributed by atoms with Gasteiger partial charge in [-0.2, -0.15) is 0 Å².